The van der Waals surface area contributed by atoms with E-state index in [9.17, 15) is 9.90 Å². The fourth-order valence-corrected chi connectivity index (χ4v) is 5.61. The van der Waals surface area contributed by atoms with Gasteiger partial charge >= 0.3 is 5.97 Å². The first-order valence-electron chi connectivity index (χ1n) is 12.4. The number of carboxylic acid groups (broad SMARTS) is 1. The Bertz CT molecular complexity index is 1550. The van der Waals surface area contributed by atoms with Crippen molar-refractivity contribution in [2.75, 3.05) is 0 Å². The molecule has 2 aliphatic carbocycles. The lowest BCUT2D eigenvalue weighted by molar-refractivity contribution is 0.0696. The van der Waals surface area contributed by atoms with E-state index in [4.69, 9.17) is 30.6 Å². The Hall–Kier alpha value is -3.84. The van der Waals surface area contributed by atoms with E-state index in [1.165, 1.54) is 0 Å². The van der Waals surface area contributed by atoms with Crippen molar-refractivity contribution in [3.63, 3.8) is 0 Å². The van der Waals surface area contributed by atoms with Gasteiger partial charge in [-0.05, 0) is 67.5 Å². The molecule has 2 aromatic heterocycles. The monoisotopic (exact) mass is 514 g/mol. The predicted octanol–water partition coefficient (Wildman–Crippen LogP) is 7.23. The van der Waals surface area contributed by atoms with Gasteiger partial charge in [0.25, 0.3) is 0 Å². The van der Waals surface area contributed by atoms with Crippen molar-refractivity contribution in [1.29, 1.82) is 0 Å². The minimum atomic E-state index is -0.976. The molecule has 2 aromatic carbocycles. The molecule has 0 radical (unpaired) electrons. The molecule has 1 aliphatic heterocycles. The normalized spacial score (nSPS) is 19.2. The number of hydrogen-bond donors (Lipinski definition) is 1. The molecule has 2 unspecified atom stereocenters. The number of nitrogens with zero attached hydrogens (tertiary/aromatic N) is 2. The van der Waals surface area contributed by atoms with Crippen LogP contribution in [0.2, 0.25) is 5.02 Å². The molecule has 3 heterocycles. The number of carbonyl (C=O) groups is 1. The SMILES string of the molecule is Cc1cccc(Cl)c1-c1noc(C2CC2)c1COc1ccc2c(n1)C1CC1c1ccc(C(=O)O)cc1O2. The van der Waals surface area contributed by atoms with Crippen LogP contribution >= 0.6 is 11.6 Å². The quantitative estimate of drug-likeness (QED) is 0.290. The Balaban J connectivity index is 1.19. The third-order valence-electron chi connectivity index (χ3n) is 7.47. The van der Waals surface area contributed by atoms with Crippen LogP contribution in [0.5, 0.6) is 17.4 Å². The number of ether oxygens (including phenoxy) is 2. The highest BCUT2D eigenvalue weighted by atomic mass is 35.5. The molecule has 7 nitrogen and oxygen atoms in total. The summed E-state index contributed by atoms with van der Waals surface area (Å²) in [6.45, 7) is 2.27. The molecule has 8 heteroatoms. The van der Waals surface area contributed by atoms with Crippen molar-refractivity contribution in [2.24, 2.45) is 0 Å². The second kappa shape index (κ2) is 8.35. The summed E-state index contributed by atoms with van der Waals surface area (Å²) in [6, 6.07) is 14.5. The third kappa shape index (κ3) is 3.85. The maximum atomic E-state index is 11.4. The second-order valence-corrected chi connectivity index (χ2v) is 10.4. The van der Waals surface area contributed by atoms with E-state index in [-0.39, 0.29) is 24.0 Å². The molecule has 2 atom stereocenters. The number of halogens is 1. The smallest absolute Gasteiger partial charge is 0.335 e. The number of rotatable bonds is 6. The zero-order chi connectivity index (χ0) is 25.3. The largest absolute Gasteiger partial charge is 0.478 e. The average Bonchev–Trinajstić information content (AvgIpc) is 3.80. The Morgan fingerprint density at radius 1 is 1.14 bits per heavy atom. The number of hydrogen-bond acceptors (Lipinski definition) is 6. The lowest BCUT2D eigenvalue weighted by Crippen LogP contribution is -2.03. The minimum Gasteiger partial charge on any atom is -0.478 e. The van der Waals surface area contributed by atoms with Crippen LogP contribution in [0.3, 0.4) is 0 Å². The highest BCUT2D eigenvalue weighted by Crippen LogP contribution is 2.61. The number of pyridine rings is 1. The van der Waals surface area contributed by atoms with Crippen LogP contribution in [0, 0.1) is 6.92 Å². The van der Waals surface area contributed by atoms with Gasteiger partial charge in [-0.2, -0.15) is 0 Å². The molecule has 7 rings (SSSR count). The first kappa shape index (κ1) is 22.4. The van der Waals surface area contributed by atoms with Crippen molar-refractivity contribution in [3.05, 3.63) is 87.3 Å². The van der Waals surface area contributed by atoms with Gasteiger partial charge in [-0.15, -0.1) is 0 Å². The van der Waals surface area contributed by atoms with Crippen molar-refractivity contribution >= 4 is 17.6 Å². The van der Waals surface area contributed by atoms with E-state index in [0.29, 0.717) is 28.3 Å². The molecule has 186 valence electrons. The summed E-state index contributed by atoms with van der Waals surface area (Å²) in [6.07, 6.45) is 3.09. The fourth-order valence-electron chi connectivity index (χ4n) is 5.30. The van der Waals surface area contributed by atoms with Crippen LogP contribution in [0.4, 0.5) is 0 Å². The number of benzene rings is 2. The summed E-state index contributed by atoms with van der Waals surface area (Å²) in [5, 5.41) is 14.4. The predicted molar refractivity (Wildman–Crippen MR) is 136 cm³/mol. The maximum absolute atomic E-state index is 11.4. The number of aromatic nitrogens is 2. The highest BCUT2D eigenvalue weighted by molar-refractivity contribution is 6.33. The van der Waals surface area contributed by atoms with Crippen molar-refractivity contribution < 1.29 is 23.9 Å². The minimum absolute atomic E-state index is 0.206. The summed E-state index contributed by atoms with van der Waals surface area (Å²) in [7, 11) is 0. The molecular formula is C29H23ClN2O5. The molecule has 4 aromatic rings. The second-order valence-electron chi connectivity index (χ2n) is 10.0. The van der Waals surface area contributed by atoms with Crippen LogP contribution < -0.4 is 9.47 Å². The van der Waals surface area contributed by atoms with E-state index < -0.39 is 5.97 Å². The van der Waals surface area contributed by atoms with Gasteiger partial charge in [-0.3, -0.25) is 0 Å². The number of aromatic carboxylic acids is 1. The topological polar surface area (TPSA) is 94.7 Å². The van der Waals surface area contributed by atoms with E-state index >= 15 is 0 Å². The van der Waals surface area contributed by atoms with Crippen molar-refractivity contribution in [3.8, 4) is 28.6 Å². The summed E-state index contributed by atoms with van der Waals surface area (Å²) >= 11 is 6.56. The van der Waals surface area contributed by atoms with Gasteiger partial charge < -0.3 is 19.1 Å². The Morgan fingerprint density at radius 3 is 2.78 bits per heavy atom. The van der Waals surface area contributed by atoms with E-state index in [1.54, 1.807) is 18.2 Å². The lowest BCUT2D eigenvalue weighted by atomic mass is 10.0. The zero-order valence-corrected chi connectivity index (χ0v) is 20.8. The first-order chi connectivity index (χ1) is 18.0. The summed E-state index contributed by atoms with van der Waals surface area (Å²) in [4.78, 5) is 16.3. The third-order valence-corrected chi connectivity index (χ3v) is 7.79. The van der Waals surface area contributed by atoms with Crippen LogP contribution in [-0.2, 0) is 6.61 Å². The molecular weight excluding hydrogens is 492 g/mol. The molecule has 0 spiro atoms. The van der Waals surface area contributed by atoms with Gasteiger partial charge in [-0.1, -0.05) is 35.0 Å². The Kier molecular flexibility index (Phi) is 5.05. The highest BCUT2D eigenvalue weighted by Gasteiger charge is 2.46. The molecule has 1 N–H and O–H groups in total. The summed E-state index contributed by atoms with van der Waals surface area (Å²) in [5.41, 5.74) is 5.58. The lowest BCUT2D eigenvalue weighted by Gasteiger charge is -2.13. The Morgan fingerprint density at radius 2 is 2.00 bits per heavy atom. The zero-order valence-electron chi connectivity index (χ0n) is 20.0. The van der Waals surface area contributed by atoms with Gasteiger partial charge in [0.2, 0.25) is 5.88 Å². The van der Waals surface area contributed by atoms with E-state index in [2.05, 4.69) is 5.16 Å². The first-order valence-corrected chi connectivity index (χ1v) is 12.8. The maximum Gasteiger partial charge on any atom is 0.335 e. The Labute approximate surface area is 218 Å². The van der Waals surface area contributed by atoms with Gasteiger partial charge in [0, 0.05) is 23.5 Å². The molecule has 2 fully saturated rings. The average molecular weight is 515 g/mol. The van der Waals surface area contributed by atoms with Gasteiger partial charge in [0.05, 0.1) is 21.8 Å². The van der Waals surface area contributed by atoms with Crippen LogP contribution in [0.1, 0.15) is 75.5 Å². The fraction of sp³-hybridized carbons (Fsp3) is 0.276. The molecule has 0 bridgehead atoms. The standard InChI is InChI=1S/C29H23ClN2O5/c1-14-3-2-4-21(30)25(14)27-20(28(37-32-27)15-5-6-15)13-35-24-10-9-22-26(31-24)19-12-18(19)17-8-7-16(29(33)34)11-23(17)36-22/h2-4,7-11,15,18-19H,5-6,12-13H2,1H3,(H,33,34). The van der Waals surface area contributed by atoms with E-state index in [1.807, 2.05) is 37.3 Å². The van der Waals surface area contributed by atoms with Crippen molar-refractivity contribution in [2.45, 2.75) is 50.5 Å². The van der Waals surface area contributed by atoms with Crippen molar-refractivity contribution in [1.82, 2.24) is 10.1 Å². The molecule has 0 amide bonds. The van der Waals surface area contributed by atoms with Gasteiger partial charge in [0.1, 0.15) is 29.6 Å². The van der Waals surface area contributed by atoms with Gasteiger partial charge in [0.15, 0.2) is 0 Å². The van der Waals surface area contributed by atoms with Crippen LogP contribution in [-0.4, -0.2) is 21.2 Å². The summed E-state index contributed by atoms with van der Waals surface area (Å²) < 4.78 is 18.2. The number of fused-ring (bicyclic) bond motifs is 5. The van der Waals surface area contributed by atoms with Crippen LogP contribution in [0.15, 0.2) is 53.1 Å². The number of carboxylic acids is 1. The van der Waals surface area contributed by atoms with Crippen LogP contribution in [0.25, 0.3) is 11.3 Å². The summed E-state index contributed by atoms with van der Waals surface area (Å²) in [5.74, 6) is 2.44. The van der Waals surface area contributed by atoms with E-state index in [0.717, 1.165) is 58.7 Å². The molecule has 0 saturated heterocycles. The number of aryl methyl sites for hydroxylation is 1. The van der Waals surface area contributed by atoms with Gasteiger partial charge in [-0.25, -0.2) is 9.78 Å². The molecule has 37 heavy (non-hydrogen) atoms. The molecule has 2 saturated carbocycles. The molecule has 3 aliphatic rings.